The van der Waals surface area contributed by atoms with Crippen molar-refractivity contribution in [2.75, 3.05) is 29.9 Å². The van der Waals surface area contributed by atoms with Crippen molar-refractivity contribution >= 4 is 17.3 Å². The summed E-state index contributed by atoms with van der Waals surface area (Å²) in [5.74, 6) is 1.37. The largest absolute Gasteiger partial charge is 0.389 e. The highest BCUT2D eigenvalue weighted by Crippen LogP contribution is 2.28. The molecule has 0 spiro atoms. The van der Waals surface area contributed by atoms with Crippen LogP contribution in [-0.4, -0.2) is 61.1 Å². The van der Waals surface area contributed by atoms with Gasteiger partial charge in [0.15, 0.2) is 5.65 Å². The Bertz CT molecular complexity index is 1090. The molecule has 1 aliphatic rings. The first-order chi connectivity index (χ1) is 14.1. The lowest BCUT2D eigenvalue weighted by atomic mass is 10.1. The number of fused-ring (bicyclic) bond motifs is 1. The van der Waals surface area contributed by atoms with Crippen molar-refractivity contribution in [3.63, 3.8) is 0 Å². The van der Waals surface area contributed by atoms with Gasteiger partial charge in [-0.3, -0.25) is 4.98 Å². The molecule has 9 heteroatoms. The van der Waals surface area contributed by atoms with Crippen LogP contribution in [-0.2, 0) is 0 Å². The molecule has 0 radical (unpaired) electrons. The maximum absolute atomic E-state index is 13.8. The fourth-order valence-electron chi connectivity index (χ4n) is 3.55. The van der Waals surface area contributed by atoms with Gasteiger partial charge in [-0.05, 0) is 41.0 Å². The molecular weight excluding hydrogens is 385 g/mol. The van der Waals surface area contributed by atoms with E-state index in [-0.39, 0.29) is 0 Å². The molecule has 0 aliphatic carbocycles. The molecular formula is C21H28FN7O. The van der Waals surface area contributed by atoms with E-state index >= 15 is 0 Å². The lowest BCUT2D eigenvalue weighted by molar-refractivity contribution is 0.0944. The van der Waals surface area contributed by atoms with E-state index in [0.717, 1.165) is 17.1 Å². The van der Waals surface area contributed by atoms with Crippen LogP contribution in [0.15, 0.2) is 12.1 Å². The SMILES string of the molecule is Cc1nc(C)c(-c2cc3nc(N4CC[C@@H](F)C4)cc(NCC(C)(C)O)n3n2)nc1C. The average molecular weight is 414 g/mol. The molecule has 1 aliphatic heterocycles. The predicted octanol–water partition coefficient (Wildman–Crippen LogP) is 2.84. The first-order valence-electron chi connectivity index (χ1n) is 10.2. The summed E-state index contributed by atoms with van der Waals surface area (Å²) in [7, 11) is 0. The molecule has 0 unspecified atom stereocenters. The second-order valence-electron chi connectivity index (χ2n) is 8.63. The fraction of sp³-hybridized carbons (Fsp3) is 0.524. The molecule has 1 atom stereocenters. The van der Waals surface area contributed by atoms with Gasteiger partial charge in [-0.1, -0.05) is 0 Å². The van der Waals surface area contributed by atoms with E-state index in [2.05, 4.69) is 15.3 Å². The van der Waals surface area contributed by atoms with Crippen molar-refractivity contribution in [2.45, 2.75) is 52.8 Å². The number of alkyl halides is 1. The van der Waals surface area contributed by atoms with Gasteiger partial charge in [-0.25, -0.2) is 14.4 Å². The Labute approximate surface area is 175 Å². The topological polar surface area (TPSA) is 91.5 Å². The Hall–Kier alpha value is -2.81. The van der Waals surface area contributed by atoms with E-state index in [4.69, 9.17) is 10.1 Å². The number of anilines is 2. The number of aliphatic hydroxyl groups is 1. The molecule has 0 aromatic carbocycles. The highest BCUT2D eigenvalue weighted by atomic mass is 19.1. The number of aromatic nitrogens is 5. The van der Waals surface area contributed by atoms with Crippen molar-refractivity contribution in [3.8, 4) is 11.4 Å². The molecule has 160 valence electrons. The molecule has 0 bridgehead atoms. The third kappa shape index (κ3) is 4.07. The third-order valence-electron chi connectivity index (χ3n) is 5.29. The Kier molecular flexibility index (Phi) is 5.09. The van der Waals surface area contributed by atoms with Crippen molar-refractivity contribution in [1.29, 1.82) is 0 Å². The van der Waals surface area contributed by atoms with Crippen LogP contribution in [0.4, 0.5) is 16.0 Å². The summed E-state index contributed by atoms with van der Waals surface area (Å²) in [5, 5.41) is 18.1. The zero-order valence-corrected chi connectivity index (χ0v) is 18.1. The van der Waals surface area contributed by atoms with Crippen molar-refractivity contribution in [1.82, 2.24) is 24.6 Å². The van der Waals surface area contributed by atoms with Gasteiger partial charge in [0.2, 0.25) is 0 Å². The average Bonchev–Trinajstić information content (AvgIpc) is 3.28. The first kappa shape index (κ1) is 20.5. The Morgan fingerprint density at radius 2 is 1.87 bits per heavy atom. The highest BCUT2D eigenvalue weighted by molar-refractivity contribution is 5.67. The molecule has 4 heterocycles. The number of nitrogens with zero attached hydrogens (tertiary/aromatic N) is 6. The number of hydrogen-bond acceptors (Lipinski definition) is 7. The van der Waals surface area contributed by atoms with Gasteiger partial charge in [-0.15, -0.1) is 0 Å². The zero-order valence-electron chi connectivity index (χ0n) is 18.1. The Morgan fingerprint density at radius 1 is 1.13 bits per heavy atom. The van der Waals surface area contributed by atoms with Gasteiger partial charge in [0.25, 0.3) is 0 Å². The van der Waals surface area contributed by atoms with E-state index in [9.17, 15) is 9.50 Å². The second-order valence-corrected chi connectivity index (χ2v) is 8.63. The second kappa shape index (κ2) is 7.46. The van der Waals surface area contributed by atoms with Gasteiger partial charge < -0.3 is 15.3 Å². The quantitative estimate of drug-likeness (QED) is 0.665. The predicted molar refractivity (Wildman–Crippen MR) is 115 cm³/mol. The van der Waals surface area contributed by atoms with Gasteiger partial charge in [-0.2, -0.15) is 9.61 Å². The molecule has 1 saturated heterocycles. The summed E-state index contributed by atoms with van der Waals surface area (Å²) < 4.78 is 15.5. The molecule has 30 heavy (non-hydrogen) atoms. The van der Waals surface area contributed by atoms with Crippen LogP contribution >= 0.6 is 0 Å². The van der Waals surface area contributed by atoms with Crippen LogP contribution in [0.25, 0.3) is 17.0 Å². The van der Waals surface area contributed by atoms with Crippen LogP contribution < -0.4 is 10.2 Å². The normalized spacial score (nSPS) is 17.2. The van der Waals surface area contributed by atoms with Crippen LogP contribution in [0, 0.1) is 20.8 Å². The summed E-state index contributed by atoms with van der Waals surface area (Å²) in [4.78, 5) is 15.9. The van der Waals surface area contributed by atoms with Crippen molar-refractivity contribution in [3.05, 3.63) is 29.2 Å². The van der Waals surface area contributed by atoms with Crippen molar-refractivity contribution < 1.29 is 9.50 Å². The molecule has 2 N–H and O–H groups in total. The summed E-state index contributed by atoms with van der Waals surface area (Å²) in [5.41, 5.74) is 3.65. The van der Waals surface area contributed by atoms with Gasteiger partial charge in [0, 0.05) is 25.2 Å². The molecule has 8 nitrogen and oxygen atoms in total. The van der Waals surface area contributed by atoms with E-state index in [1.54, 1.807) is 18.4 Å². The number of hydrogen-bond donors (Lipinski definition) is 2. The smallest absolute Gasteiger partial charge is 0.160 e. The summed E-state index contributed by atoms with van der Waals surface area (Å²) >= 11 is 0. The number of aryl methyl sites for hydroxylation is 3. The molecule has 0 amide bonds. The fourth-order valence-corrected chi connectivity index (χ4v) is 3.55. The van der Waals surface area contributed by atoms with E-state index in [1.165, 1.54) is 0 Å². The lowest BCUT2D eigenvalue weighted by Gasteiger charge is -2.21. The monoisotopic (exact) mass is 413 g/mol. The summed E-state index contributed by atoms with van der Waals surface area (Å²) in [6, 6.07) is 3.72. The van der Waals surface area contributed by atoms with Crippen LogP contribution in [0.2, 0.25) is 0 Å². The minimum Gasteiger partial charge on any atom is -0.389 e. The van der Waals surface area contributed by atoms with Crippen LogP contribution in [0.1, 0.15) is 37.4 Å². The number of nitrogens with one attached hydrogen (secondary N) is 1. The van der Waals surface area contributed by atoms with Crippen molar-refractivity contribution in [2.24, 2.45) is 0 Å². The lowest BCUT2D eigenvalue weighted by Crippen LogP contribution is -2.30. The zero-order chi connectivity index (χ0) is 21.6. The molecule has 3 aromatic heterocycles. The van der Waals surface area contributed by atoms with Gasteiger partial charge >= 0.3 is 0 Å². The number of rotatable bonds is 5. The van der Waals surface area contributed by atoms with Crippen LogP contribution in [0.3, 0.4) is 0 Å². The van der Waals surface area contributed by atoms with Crippen LogP contribution in [0.5, 0.6) is 0 Å². The highest BCUT2D eigenvalue weighted by Gasteiger charge is 2.25. The first-order valence-corrected chi connectivity index (χ1v) is 10.2. The Morgan fingerprint density at radius 3 is 2.53 bits per heavy atom. The van der Waals surface area contributed by atoms with Gasteiger partial charge in [0.05, 0.1) is 29.2 Å². The minimum atomic E-state index is -0.903. The summed E-state index contributed by atoms with van der Waals surface area (Å²) in [6.45, 7) is 10.5. The maximum Gasteiger partial charge on any atom is 0.160 e. The minimum absolute atomic E-state index is 0.328. The standard InChI is InChI=1S/C21H28FN7O/c1-12-13(2)25-20(14(3)24-12)16-8-19-26-18(28-7-6-15(22)10-28)9-17(29(19)27-16)23-11-21(4,5)30/h8-9,15,23,30H,6-7,10-11H2,1-5H3/t15-/m1/s1. The summed E-state index contributed by atoms with van der Waals surface area (Å²) in [6.07, 6.45) is -0.342. The maximum atomic E-state index is 13.8. The van der Waals surface area contributed by atoms with E-state index < -0.39 is 11.8 Å². The molecule has 0 saturated carbocycles. The Balaban J connectivity index is 1.81. The third-order valence-corrected chi connectivity index (χ3v) is 5.29. The molecule has 1 fully saturated rings. The molecule has 3 aromatic rings. The van der Waals surface area contributed by atoms with Gasteiger partial charge in [0.1, 0.15) is 29.2 Å². The van der Waals surface area contributed by atoms with E-state index in [1.807, 2.05) is 37.8 Å². The molecule has 4 rings (SSSR count). The number of halogens is 1. The van der Waals surface area contributed by atoms with E-state index in [0.29, 0.717) is 54.7 Å².